The van der Waals surface area contributed by atoms with Crippen molar-refractivity contribution in [3.8, 4) is 0 Å². The monoisotopic (exact) mass is 204 g/mol. The van der Waals surface area contributed by atoms with Gasteiger partial charge in [0.2, 0.25) is 0 Å². The highest BCUT2D eigenvalue weighted by molar-refractivity contribution is 5.66. The zero-order valence-corrected chi connectivity index (χ0v) is 9.46. The molecule has 0 aromatic rings. The van der Waals surface area contributed by atoms with Gasteiger partial charge in [-0.25, -0.2) is 0 Å². The molecule has 0 aliphatic heterocycles. The first kappa shape index (κ1) is 15.9. The highest BCUT2D eigenvalue weighted by Crippen LogP contribution is 2.03. The minimum absolute atomic E-state index is 0.222. The minimum Gasteiger partial charge on any atom is -0.481 e. The van der Waals surface area contributed by atoms with E-state index >= 15 is 0 Å². The van der Waals surface area contributed by atoms with Gasteiger partial charge >= 0.3 is 5.97 Å². The zero-order chi connectivity index (χ0) is 11.2. The average molecular weight is 204 g/mol. The van der Waals surface area contributed by atoms with Gasteiger partial charge in [-0.1, -0.05) is 46.0 Å². The molecule has 0 spiro atoms. The zero-order valence-electron chi connectivity index (χ0n) is 9.46. The molecule has 0 amide bonds. The number of carboxylic acids is 1. The number of hydrogen-bond donors (Lipinski definition) is 2. The fourth-order valence-corrected chi connectivity index (χ4v) is 0.892. The Morgan fingerprint density at radius 3 is 1.79 bits per heavy atom. The lowest BCUT2D eigenvalue weighted by molar-refractivity contribution is -0.136. The van der Waals surface area contributed by atoms with Crippen LogP contribution in [0.1, 0.15) is 58.8 Å². The molecule has 0 fully saturated rings. The Labute approximate surface area is 87.1 Å². The van der Waals surface area contributed by atoms with Crippen molar-refractivity contribution in [1.82, 2.24) is 0 Å². The predicted octanol–water partition coefficient (Wildman–Crippen LogP) is 2.82. The van der Waals surface area contributed by atoms with E-state index in [-0.39, 0.29) is 6.42 Å². The quantitative estimate of drug-likeness (QED) is 0.627. The molecule has 0 atom stereocenters. The van der Waals surface area contributed by atoms with Crippen LogP contribution in [0.5, 0.6) is 0 Å². The molecule has 3 heteroatoms. The first-order valence-corrected chi connectivity index (χ1v) is 5.51. The molecule has 0 aromatic carbocycles. The first-order valence-electron chi connectivity index (χ1n) is 5.51. The van der Waals surface area contributed by atoms with Crippen molar-refractivity contribution < 1.29 is 15.0 Å². The third-order valence-electron chi connectivity index (χ3n) is 1.81. The lowest BCUT2D eigenvalue weighted by atomic mass is 10.1. The van der Waals surface area contributed by atoms with Crippen molar-refractivity contribution in [2.75, 3.05) is 6.61 Å². The van der Waals surface area contributed by atoms with Crippen LogP contribution in [0.2, 0.25) is 0 Å². The minimum atomic E-state index is -0.745. The average Bonchev–Trinajstić information content (AvgIpc) is 2.19. The lowest BCUT2D eigenvalue weighted by Crippen LogP contribution is -1.86. The summed E-state index contributed by atoms with van der Waals surface area (Å²) in [7, 11) is 0. The summed E-state index contributed by atoms with van der Waals surface area (Å²) in [6.45, 7) is 4.18. The Morgan fingerprint density at radius 1 is 1.00 bits per heavy atom. The smallest absolute Gasteiger partial charge is 0.303 e. The van der Waals surface area contributed by atoms with Crippen LogP contribution in [-0.2, 0) is 4.79 Å². The van der Waals surface area contributed by atoms with E-state index in [0.717, 1.165) is 6.42 Å². The van der Waals surface area contributed by atoms with Crippen LogP contribution in [0.25, 0.3) is 0 Å². The maximum Gasteiger partial charge on any atom is 0.303 e. The Bertz CT molecular complexity index is 107. The molecule has 2 N–H and O–H groups in total. The number of unbranched alkanes of at least 4 members (excludes halogenated alkanes) is 5. The van der Waals surface area contributed by atoms with Crippen molar-refractivity contribution >= 4 is 5.97 Å². The molecule has 86 valence electrons. The van der Waals surface area contributed by atoms with Crippen LogP contribution < -0.4 is 0 Å². The lowest BCUT2D eigenvalue weighted by Gasteiger charge is -1.95. The van der Waals surface area contributed by atoms with Crippen molar-refractivity contribution in [1.29, 1.82) is 0 Å². The molecule has 3 nitrogen and oxygen atoms in total. The highest BCUT2D eigenvalue weighted by atomic mass is 16.4. The van der Waals surface area contributed by atoms with Crippen LogP contribution >= 0.6 is 0 Å². The van der Waals surface area contributed by atoms with Gasteiger partial charge in [0.1, 0.15) is 0 Å². The van der Waals surface area contributed by atoms with Crippen molar-refractivity contribution in [2.45, 2.75) is 58.8 Å². The summed E-state index contributed by atoms with van der Waals surface area (Å²) in [6, 6.07) is 0. The highest BCUT2D eigenvalue weighted by Gasteiger charge is 1.86. The maximum absolute atomic E-state index is 9.37. The van der Waals surface area contributed by atoms with Gasteiger partial charge in [0, 0.05) is 13.0 Å². The number of hydrogen-bond acceptors (Lipinski definition) is 2. The Hall–Kier alpha value is -0.570. The molecule has 0 heterocycles. The normalized spacial score (nSPS) is 9.07. The SMILES string of the molecule is CCC(=O)O.CCCCCCCCO. The number of aliphatic hydroxyl groups excluding tert-OH is 1. The van der Waals surface area contributed by atoms with Gasteiger partial charge in [0.15, 0.2) is 0 Å². The van der Waals surface area contributed by atoms with Crippen LogP contribution in [0.3, 0.4) is 0 Å². The summed E-state index contributed by atoms with van der Waals surface area (Å²) in [6.07, 6.45) is 7.72. The molecule has 0 aromatic heterocycles. The molecule has 0 radical (unpaired) electrons. The van der Waals surface area contributed by atoms with E-state index in [4.69, 9.17) is 10.2 Å². The number of carbonyl (C=O) groups is 1. The molecule has 14 heavy (non-hydrogen) atoms. The molecular formula is C11H24O3. The Morgan fingerprint density at radius 2 is 1.43 bits per heavy atom. The summed E-state index contributed by atoms with van der Waals surface area (Å²) >= 11 is 0. The van der Waals surface area contributed by atoms with Gasteiger partial charge in [-0.15, -0.1) is 0 Å². The second kappa shape index (κ2) is 14.9. The molecule has 0 saturated carbocycles. The predicted molar refractivity (Wildman–Crippen MR) is 58.4 cm³/mol. The van der Waals surface area contributed by atoms with Gasteiger partial charge in [-0.05, 0) is 6.42 Å². The van der Waals surface area contributed by atoms with E-state index in [9.17, 15) is 4.79 Å². The van der Waals surface area contributed by atoms with Gasteiger partial charge in [0.25, 0.3) is 0 Å². The third kappa shape index (κ3) is 22.5. The summed E-state index contributed by atoms with van der Waals surface area (Å²) in [4.78, 5) is 9.37. The first-order chi connectivity index (χ1) is 6.68. The second-order valence-electron chi connectivity index (χ2n) is 3.24. The van der Waals surface area contributed by atoms with Crippen molar-refractivity contribution in [3.63, 3.8) is 0 Å². The summed E-state index contributed by atoms with van der Waals surface area (Å²) in [5, 5.41) is 16.1. The fraction of sp³-hybridized carbons (Fsp3) is 0.909. The van der Waals surface area contributed by atoms with Gasteiger partial charge < -0.3 is 10.2 Å². The number of carboxylic acid groups (broad SMARTS) is 1. The molecule has 0 unspecified atom stereocenters. The van der Waals surface area contributed by atoms with Crippen molar-refractivity contribution in [2.24, 2.45) is 0 Å². The van der Waals surface area contributed by atoms with Crippen LogP contribution in [0.15, 0.2) is 0 Å². The van der Waals surface area contributed by atoms with Gasteiger partial charge in [0.05, 0.1) is 0 Å². The van der Waals surface area contributed by atoms with Gasteiger partial charge in [-0.3, -0.25) is 4.79 Å². The van der Waals surface area contributed by atoms with Crippen LogP contribution in [-0.4, -0.2) is 22.8 Å². The Kier molecular flexibility index (Phi) is 16.9. The molecular weight excluding hydrogens is 180 g/mol. The standard InChI is InChI=1S/C8H18O.C3H6O2/c1-2-3-4-5-6-7-8-9;1-2-3(4)5/h9H,2-8H2,1H3;2H2,1H3,(H,4,5). The Balaban J connectivity index is 0. The largest absolute Gasteiger partial charge is 0.481 e. The van der Waals surface area contributed by atoms with E-state index in [0.29, 0.717) is 6.61 Å². The fourth-order valence-electron chi connectivity index (χ4n) is 0.892. The summed E-state index contributed by atoms with van der Waals surface area (Å²) in [5.74, 6) is -0.745. The van der Waals surface area contributed by atoms with E-state index in [1.54, 1.807) is 6.92 Å². The maximum atomic E-state index is 9.37. The summed E-state index contributed by atoms with van der Waals surface area (Å²) in [5.41, 5.74) is 0. The molecule has 0 aliphatic rings. The molecule has 0 rings (SSSR count). The van der Waals surface area contributed by atoms with Crippen molar-refractivity contribution in [3.05, 3.63) is 0 Å². The van der Waals surface area contributed by atoms with E-state index in [2.05, 4.69) is 6.92 Å². The second-order valence-corrected chi connectivity index (χ2v) is 3.24. The summed E-state index contributed by atoms with van der Waals surface area (Å²) < 4.78 is 0. The number of aliphatic hydroxyl groups is 1. The third-order valence-corrected chi connectivity index (χ3v) is 1.81. The number of rotatable bonds is 7. The van der Waals surface area contributed by atoms with Gasteiger partial charge in [-0.2, -0.15) is 0 Å². The van der Waals surface area contributed by atoms with Crippen LogP contribution in [0, 0.1) is 0 Å². The van der Waals surface area contributed by atoms with E-state index < -0.39 is 5.97 Å². The topological polar surface area (TPSA) is 57.5 Å². The number of aliphatic carboxylic acids is 1. The molecule has 0 saturated heterocycles. The molecule has 0 bridgehead atoms. The van der Waals surface area contributed by atoms with E-state index in [1.165, 1.54) is 32.1 Å². The van der Waals surface area contributed by atoms with Crippen LogP contribution in [0.4, 0.5) is 0 Å². The van der Waals surface area contributed by atoms with E-state index in [1.807, 2.05) is 0 Å². The molecule has 0 aliphatic carbocycles.